The van der Waals surface area contributed by atoms with Crippen LogP contribution in [0.1, 0.15) is 50.8 Å². The van der Waals surface area contributed by atoms with Crippen molar-refractivity contribution < 1.29 is 4.55 Å². The minimum Gasteiger partial charge on any atom is -0.598 e. The van der Waals surface area contributed by atoms with Gasteiger partial charge in [-0.15, -0.1) is 16.1 Å². The summed E-state index contributed by atoms with van der Waals surface area (Å²) in [5.74, 6) is 0.931. The number of piperidine rings is 1. The molecule has 4 aromatic heterocycles. The minimum atomic E-state index is -1.14. The summed E-state index contributed by atoms with van der Waals surface area (Å²) in [6.45, 7) is 7.89. The Morgan fingerprint density at radius 2 is 1.88 bits per heavy atom. The van der Waals surface area contributed by atoms with Crippen molar-refractivity contribution in [3.05, 3.63) is 77.7 Å². The van der Waals surface area contributed by atoms with Gasteiger partial charge in [-0.05, 0) is 68.7 Å². The van der Waals surface area contributed by atoms with Gasteiger partial charge in [0.05, 0.1) is 21.2 Å². The molecule has 1 aromatic carbocycles. The first-order chi connectivity index (χ1) is 19.3. The molecule has 0 radical (unpaired) electrons. The summed E-state index contributed by atoms with van der Waals surface area (Å²) in [6, 6.07) is 12.9. The number of anilines is 1. The summed E-state index contributed by atoms with van der Waals surface area (Å²) in [7, 11) is 0. The van der Waals surface area contributed by atoms with E-state index in [2.05, 4.69) is 60.8 Å². The maximum absolute atomic E-state index is 13.2. The molecular formula is C30H32N6OS3. The maximum atomic E-state index is 13.2. The lowest BCUT2D eigenvalue weighted by molar-refractivity contribution is 0.175. The van der Waals surface area contributed by atoms with E-state index >= 15 is 0 Å². The summed E-state index contributed by atoms with van der Waals surface area (Å²) >= 11 is 2.27. The van der Waals surface area contributed by atoms with E-state index in [1.807, 2.05) is 45.6 Å². The predicted molar refractivity (Wildman–Crippen MR) is 165 cm³/mol. The van der Waals surface area contributed by atoms with Gasteiger partial charge in [0.15, 0.2) is 5.65 Å². The van der Waals surface area contributed by atoms with E-state index in [4.69, 9.17) is 9.97 Å². The zero-order chi connectivity index (χ0) is 27.5. The number of benzene rings is 1. The molecule has 1 fully saturated rings. The van der Waals surface area contributed by atoms with Crippen LogP contribution in [0.15, 0.2) is 76.4 Å². The highest BCUT2D eigenvalue weighted by Gasteiger charge is 2.50. The molecule has 0 bridgehead atoms. The van der Waals surface area contributed by atoms with E-state index in [1.165, 1.54) is 20.7 Å². The van der Waals surface area contributed by atoms with Gasteiger partial charge < -0.3 is 9.45 Å². The topological polar surface area (TPSA) is 81.4 Å². The average Bonchev–Trinajstić information content (AvgIpc) is 3.68. The number of rotatable bonds is 5. The van der Waals surface area contributed by atoms with Crippen LogP contribution in [-0.4, -0.2) is 41.7 Å². The number of nitrogens with zero attached hydrogens (tertiary/aromatic N) is 5. The molecule has 0 amide bonds. The molecule has 10 heteroatoms. The van der Waals surface area contributed by atoms with Crippen molar-refractivity contribution in [2.75, 3.05) is 18.0 Å². The predicted octanol–water partition coefficient (Wildman–Crippen LogP) is 6.43. The first-order valence-corrected chi connectivity index (χ1v) is 16.5. The van der Waals surface area contributed by atoms with Crippen LogP contribution in [0.5, 0.6) is 0 Å². The molecule has 1 spiro atoms. The maximum Gasteiger partial charge on any atom is 0.211 e. The van der Waals surface area contributed by atoms with E-state index in [0.717, 1.165) is 54.4 Å². The van der Waals surface area contributed by atoms with Crippen LogP contribution in [0.25, 0.3) is 15.9 Å². The van der Waals surface area contributed by atoms with Crippen molar-refractivity contribution >= 4 is 56.3 Å². The van der Waals surface area contributed by atoms with Crippen LogP contribution >= 0.6 is 23.1 Å². The third-order valence-electron chi connectivity index (χ3n) is 8.25. The molecule has 0 saturated carbocycles. The molecule has 7 nitrogen and oxygen atoms in total. The molecule has 1 N–H and O–H groups in total. The van der Waals surface area contributed by atoms with Gasteiger partial charge in [0.1, 0.15) is 4.75 Å². The molecule has 5 heterocycles. The van der Waals surface area contributed by atoms with Gasteiger partial charge in [0.25, 0.3) is 0 Å². The quantitative estimate of drug-likeness (QED) is 0.237. The number of aromatic nitrogens is 4. The second kappa shape index (κ2) is 10.0. The second-order valence-electron chi connectivity index (χ2n) is 11.7. The SMILES string of the molecule is CC(C)(C)[S+]([O-])N[C@@H]1c2ccccc2CC12CCN(c1ncc(Sc3ccnc4ccsc34)c3nccn13)CC2. The number of thiophene rings is 1. The zero-order valence-electron chi connectivity index (χ0n) is 22.8. The van der Waals surface area contributed by atoms with Crippen LogP contribution in [0.2, 0.25) is 0 Å². The highest BCUT2D eigenvalue weighted by Crippen LogP contribution is 2.53. The Morgan fingerprint density at radius 1 is 1.05 bits per heavy atom. The standard InChI is InChI=1S/C30H32N6OS3/c1-29(2,3)40(37)34-26-21-7-5-4-6-20(21)18-30(26)10-14-35(15-11-30)28-33-19-24(27-32-13-16-36(27)28)39-23-8-12-31-22-9-17-38-25(22)23/h4-9,12-13,16-17,19,26,34H,10-11,14-15,18H2,1-3H3/t26-,40?/m1/s1. The van der Waals surface area contributed by atoms with Gasteiger partial charge in [-0.1, -0.05) is 36.0 Å². The minimum absolute atomic E-state index is 0.0400. The van der Waals surface area contributed by atoms with Gasteiger partial charge in [-0.3, -0.25) is 9.38 Å². The number of nitrogens with one attached hydrogen (secondary N) is 1. The molecule has 40 heavy (non-hydrogen) atoms. The summed E-state index contributed by atoms with van der Waals surface area (Å²) in [5.41, 5.74) is 4.67. The van der Waals surface area contributed by atoms with E-state index in [0.29, 0.717) is 0 Å². The smallest absolute Gasteiger partial charge is 0.211 e. The van der Waals surface area contributed by atoms with Crippen LogP contribution in [0.3, 0.4) is 0 Å². The third-order valence-corrected chi connectivity index (χ3v) is 11.9. The Labute approximate surface area is 245 Å². The van der Waals surface area contributed by atoms with E-state index < -0.39 is 11.4 Å². The lowest BCUT2D eigenvalue weighted by atomic mass is 9.73. The van der Waals surface area contributed by atoms with Crippen LogP contribution in [0, 0.1) is 5.41 Å². The van der Waals surface area contributed by atoms with Crippen molar-refractivity contribution in [1.82, 2.24) is 24.1 Å². The first-order valence-electron chi connectivity index (χ1n) is 13.7. The molecule has 1 aliphatic carbocycles. The Balaban J connectivity index is 1.15. The fourth-order valence-electron chi connectivity index (χ4n) is 6.12. The van der Waals surface area contributed by atoms with Gasteiger partial charge in [0.2, 0.25) is 5.95 Å². The summed E-state index contributed by atoms with van der Waals surface area (Å²) < 4.78 is 19.8. The van der Waals surface area contributed by atoms with Crippen LogP contribution < -0.4 is 9.62 Å². The molecule has 1 aliphatic heterocycles. The summed E-state index contributed by atoms with van der Waals surface area (Å²) in [6.07, 6.45) is 10.7. The number of pyridine rings is 1. The Bertz CT molecular complexity index is 1680. The van der Waals surface area contributed by atoms with Gasteiger partial charge in [-0.25, -0.2) is 9.97 Å². The van der Waals surface area contributed by atoms with Crippen molar-refractivity contribution in [2.24, 2.45) is 5.41 Å². The van der Waals surface area contributed by atoms with Crippen LogP contribution in [-0.2, 0) is 17.8 Å². The molecule has 1 unspecified atom stereocenters. The fourth-order valence-corrected chi connectivity index (χ4v) is 9.00. The molecule has 2 aliphatic rings. The molecular weight excluding hydrogens is 557 g/mol. The fraction of sp³-hybridized carbons (Fsp3) is 0.367. The van der Waals surface area contributed by atoms with Gasteiger partial charge in [-0.2, -0.15) is 0 Å². The van der Waals surface area contributed by atoms with Crippen molar-refractivity contribution in [3.8, 4) is 0 Å². The van der Waals surface area contributed by atoms with E-state index in [-0.39, 0.29) is 16.2 Å². The van der Waals surface area contributed by atoms with Crippen molar-refractivity contribution in [2.45, 2.75) is 60.6 Å². The Hall–Kier alpha value is -2.63. The zero-order valence-corrected chi connectivity index (χ0v) is 25.3. The highest BCUT2D eigenvalue weighted by atomic mass is 32.2. The lowest BCUT2D eigenvalue weighted by Crippen LogP contribution is -2.50. The molecule has 2 atom stereocenters. The molecule has 1 saturated heterocycles. The van der Waals surface area contributed by atoms with E-state index in [9.17, 15) is 4.55 Å². The summed E-state index contributed by atoms with van der Waals surface area (Å²) in [4.78, 5) is 18.8. The normalized spacial score (nSPS) is 19.5. The number of hydrogen-bond donors (Lipinski definition) is 1. The summed E-state index contributed by atoms with van der Waals surface area (Å²) in [5, 5.41) is 2.08. The van der Waals surface area contributed by atoms with Crippen LogP contribution in [0.4, 0.5) is 5.95 Å². The van der Waals surface area contributed by atoms with Crippen molar-refractivity contribution in [1.29, 1.82) is 0 Å². The molecule has 5 aromatic rings. The lowest BCUT2D eigenvalue weighted by Gasteiger charge is -2.44. The van der Waals surface area contributed by atoms with Crippen molar-refractivity contribution in [3.63, 3.8) is 0 Å². The average molecular weight is 589 g/mol. The number of hydrogen-bond acceptors (Lipinski definition) is 8. The largest absolute Gasteiger partial charge is 0.598 e. The molecule has 206 valence electrons. The number of fused-ring (bicyclic) bond motifs is 3. The second-order valence-corrected chi connectivity index (χ2v) is 15.7. The Morgan fingerprint density at radius 3 is 2.70 bits per heavy atom. The first kappa shape index (κ1) is 26.3. The third kappa shape index (κ3) is 4.50. The van der Waals surface area contributed by atoms with Gasteiger partial charge >= 0.3 is 0 Å². The van der Waals surface area contributed by atoms with Gasteiger partial charge in [0, 0.05) is 59.5 Å². The highest BCUT2D eigenvalue weighted by molar-refractivity contribution is 8.00. The molecule has 7 rings (SSSR count). The Kier molecular flexibility index (Phi) is 6.59. The monoisotopic (exact) mass is 588 g/mol. The number of imidazole rings is 1. The van der Waals surface area contributed by atoms with E-state index in [1.54, 1.807) is 23.1 Å².